The topological polar surface area (TPSA) is 96.5 Å². The summed E-state index contributed by atoms with van der Waals surface area (Å²) in [5.74, 6) is 0.936. The van der Waals surface area contributed by atoms with Gasteiger partial charge in [-0.2, -0.15) is 20.0 Å². The first-order valence-corrected chi connectivity index (χ1v) is 16.8. The van der Waals surface area contributed by atoms with Crippen LogP contribution in [0.3, 0.4) is 0 Å². The molecule has 1 unspecified atom stereocenters. The molecule has 2 aromatic carbocycles. The summed E-state index contributed by atoms with van der Waals surface area (Å²) < 4.78 is 21.7. The molecule has 244 valence electrons. The van der Waals surface area contributed by atoms with Gasteiger partial charge in [-0.1, -0.05) is 26.0 Å². The minimum absolute atomic E-state index is 0.0896. The molecule has 10 heteroatoms. The van der Waals surface area contributed by atoms with Crippen LogP contribution in [0.25, 0.3) is 5.69 Å². The molecule has 2 aliphatic heterocycles. The molecule has 46 heavy (non-hydrogen) atoms. The van der Waals surface area contributed by atoms with E-state index in [9.17, 15) is 4.79 Å². The van der Waals surface area contributed by atoms with Gasteiger partial charge >= 0.3 is 5.69 Å². The van der Waals surface area contributed by atoms with E-state index in [1.807, 2.05) is 25.1 Å². The summed E-state index contributed by atoms with van der Waals surface area (Å²) in [6.07, 6.45) is 11.9. The van der Waals surface area contributed by atoms with E-state index in [0.29, 0.717) is 19.6 Å². The lowest BCUT2D eigenvalue weighted by Gasteiger charge is -2.33. The highest BCUT2D eigenvalue weighted by atomic mass is 16.7. The number of hydrogen-bond donors (Lipinski definition) is 0. The second-order valence-electron chi connectivity index (χ2n) is 12.7. The molecular weight excluding hydrogens is 580 g/mol. The minimum Gasteiger partial charge on any atom is -0.491 e. The summed E-state index contributed by atoms with van der Waals surface area (Å²) in [6.45, 7) is 9.26. The number of hydrogen-bond acceptors (Lipinski definition) is 8. The average Bonchev–Trinajstić information content (AvgIpc) is 3.70. The van der Waals surface area contributed by atoms with Gasteiger partial charge in [0, 0.05) is 37.4 Å². The van der Waals surface area contributed by atoms with Gasteiger partial charge in [0.15, 0.2) is 5.79 Å². The predicted octanol–water partition coefficient (Wildman–Crippen LogP) is 5.79. The Labute approximate surface area is 271 Å². The zero-order valence-electron chi connectivity index (χ0n) is 27.3. The Kier molecular flexibility index (Phi) is 10.1. The van der Waals surface area contributed by atoms with E-state index in [0.717, 1.165) is 55.3 Å². The molecule has 3 atom stereocenters. The lowest BCUT2D eigenvalue weighted by Crippen LogP contribution is -2.34. The zero-order chi connectivity index (χ0) is 31.9. The molecule has 10 nitrogen and oxygen atoms in total. The van der Waals surface area contributed by atoms with Crippen molar-refractivity contribution in [2.75, 3.05) is 31.2 Å². The number of anilines is 1. The van der Waals surface area contributed by atoms with E-state index in [2.05, 4.69) is 70.4 Å². The van der Waals surface area contributed by atoms with Crippen LogP contribution in [-0.2, 0) is 22.3 Å². The second kappa shape index (κ2) is 14.6. The van der Waals surface area contributed by atoms with Gasteiger partial charge in [0.05, 0.1) is 18.5 Å². The highest BCUT2D eigenvalue weighted by molar-refractivity contribution is 5.51. The molecular formula is C36H46N6O4. The van der Waals surface area contributed by atoms with Gasteiger partial charge in [0.25, 0.3) is 0 Å². The Balaban J connectivity index is 0.920. The Hall–Kier alpha value is -4.02. The van der Waals surface area contributed by atoms with Gasteiger partial charge in [-0.3, -0.25) is 4.57 Å². The van der Waals surface area contributed by atoms with E-state index >= 15 is 0 Å². The summed E-state index contributed by atoms with van der Waals surface area (Å²) in [7, 11) is 0. The number of rotatable bonds is 13. The summed E-state index contributed by atoms with van der Waals surface area (Å²) >= 11 is 0. The molecule has 0 amide bonds. The quantitative estimate of drug-likeness (QED) is 0.184. The monoisotopic (exact) mass is 626 g/mol. The second-order valence-corrected chi connectivity index (χ2v) is 12.7. The third kappa shape index (κ3) is 7.50. The van der Waals surface area contributed by atoms with Crippen LogP contribution >= 0.6 is 0 Å². The van der Waals surface area contributed by atoms with Crippen molar-refractivity contribution in [3.05, 3.63) is 94.9 Å². The van der Waals surface area contributed by atoms with Crippen molar-refractivity contribution in [3.8, 4) is 11.4 Å². The van der Waals surface area contributed by atoms with Crippen LogP contribution in [0.15, 0.2) is 78.1 Å². The van der Waals surface area contributed by atoms with Crippen LogP contribution in [0.4, 0.5) is 5.69 Å². The van der Waals surface area contributed by atoms with Crippen LogP contribution in [0, 0.1) is 5.92 Å². The van der Waals surface area contributed by atoms with Gasteiger partial charge in [-0.05, 0) is 105 Å². The maximum absolute atomic E-state index is 12.8. The Morgan fingerprint density at radius 1 is 0.978 bits per heavy atom. The zero-order valence-corrected chi connectivity index (χ0v) is 27.3. The number of nitrogens with zero attached hydrogens (tertiary/aromatic N) is 6. The van der Waals surface area contributed by atoms with E-state index in [-0.39, 0.29) is 17.8 Å². The van der Waals surface area contributed by atoms with Gasteiger partial charge in [-0.25, -0.2) is 4.79 Å². The predicted molar refractivity (Wildman–Crippen MR) is 178 cm³/mol. The molecule has 2 fully saturated rings. The largest absolute Gasteiger partial charge is 0.491 e. The molecule has 0 saturated carbocycles. The molecule has 2 saturated heterocycles. The fourth-order valence-electron chi connectivity index (χ4n) is 6.42. The van der Waals surface area contributed by atoms with Crippen LogP contribution in [-0.4, -0.2) is 62.7 Å². The van der Waals surface area contributed by atoms with E-state index in [1.54, 1.807) is 23.3 Å². The Bertz CT molecular complexity index is 1580. The standard InChI is InChI=1S/C36H46N6O4/c1-4-27(3)41-26-39-42(35(41)43)32-12-10-31(11-13-32)40-20-17-29(18-21-40)7-6-28-8-14-33(15-9-28)44-24-34-25-45-36(5-2,46-34)22-30-16-19-37-38-23-30/h8-16,19,23,26-27,29,34H,4-7,17-18,20-22,24-25H2,1-3H3/t27?,34-,36-/m1/s1. The molecule has 0 spiro atoms. The SMILES string of the molecule is CCC(C)n1cnn(-c2ccc(N3CCC(CCc4ccc(OC[C@@H]5CO[C@@](CC)(Cc6ccnnc6)O5)cc4)CC3)cc2)c1=O. The molecule has 4 heterocycles. The van der Waals surface area contributed by atoms with Crippen LogP contribution < -0.4 is 15.3 Å². The summed E-state index contributed by atoms with van der Waals surface area (Å²) in [6, 6.07) is 18.8. The van der Waals surface area contributed by atoms with Crippen molar-refractivity contribution in [2.45, 2.75) is 83.6 Å². The molecule has 6 rings (SSSR count). The fraction of sp³-hybridized carbons (Fsp3) is 0.500. The van der Waals surface area contributed by atoms with E-state index in [1.165, 1.54) is 35.2 Å². The molecule has 2 aromatic heterocycles. The molecule has 0 radical (unpaired) electrons. The number of ether oxygens (including phenoxy) is 3. The first-order valence-electron chi connectivity index (χ1n) is 16.8. The number of aromatic nitrogens is 5. The van der Waals surface area contributed by atoms with Crippen LogP contribution in [0.1, 0.15) is 70.0 Å². The molecule has 0 aliphatic carbocycles. The Morgan fingerprint density at radius 3 is 2.43 bits per heavy atom. The highest BCUT2D eigenvalue weighted by Gasteiger charge is 2.40. The normalized spacial score (nSPS) is 21.0. The average molecular weight is 627 g/mol. The third-order valence-corrected chi connectivity index (χ3v) is 9.61. The van der Waals surface area contributed by atoms with Crippen molar-refractivity contribution in [1.29, 1.82) is 0 Å². The van der Waals surface area contributed by atoms with Crippen LogP contribution in [0.2, 0.25) is 0 Å². The van der Waals surface area contributed by atoms with Crippen molar-refractivity contribution < 1.29 is 14.2 Å². The number of piperidine rings is 1. The van der Waals surface area contributed by atoms with Crippen molar-refractivity contribution >= 4 is 5.69 Å². The summed E-state index contributed by atoms with van der Waals surface area (Å²) in [5, 5.41) is 12.2. The van der Waals surface area contributed by atoms with Gasteiger partial charge < -0.3 is 19.1 Å². The maximum atomic E-state index is 12.8. The first-order chi connectivity index (χ1) is 22.4. The van der Waals surface area contributed by atoms with Gasteiger partial charge in [0.2, 0.25) is 0 Å². The lowest BCUT2D eigenvalue weighted by molar-refractivity contribution is -0.171. The number of aryl methyl sites for hydroxylation is 1. The molecule has 4 aromatic rings. The summed E-state index contributed by atoms with van der Waals surface area (Å²) in [4.78, 5) is 15.2. The fourth-order valence-corrected chi connectivity index (χ4v) is 6.42. The third-order valence-electron chi connectivity index (χ3n) is 9.61. The lowest BCUT2D eigenvalue weighted by atomic mass is 9.90. The van der Waals surface area contributed by atoms with Crippen molar-refractivity contribution in [3.63, 3.8) is 0 Å². The van der Waals surface area contributed by atoms with E-state index in [4.69, 9.17) is 14.2 Å². The minimum atomic E-state index is -0.637. The molecule has 2 aliphatic rings. The smallest absolute Gasteiger partial charge is 0.350 e. The number of benzene rings is 2. The maximum Gasteiger partial charge on any atom is 0.350 e. The highest BCUT2D eigenvalue weighted by Crippen LogP contribution is 2.31. The Morgan fingerprint density at radius 2 is 1.74 bits per heavy atom. The van der Waals surface area contributed by atoms with E-state index < -0.39 is 5.79 Å². The van der Waals surface area contributed by atoms with Crippen LogP contribution in [0.5, 0.6) is 5.75 Å². The van der Waals surface area contributed by atoms with Gasteiger partial charge in [0.1, 0.15) is 24.8 Å². The van der Waals surface area contributed by atoms with Crippen molar-refractivity contribution in [2.24, 2.45) is 5.92 Å². The summed E-state index contributed by atoms with van der Waals surface area (Å²) in [5.41, 5.74) is 4.30. The van der Waals surface area contributed by atoms with Crippen molar-refractivity contribution in [1.82, 2.24) is 24.5 Å². The molecule has 0 bridgehead atoms. The van der Waals surface area contributed by atoms with Gasteiger partial charge in [-0.15, -0.1) is 0 Å². The first kappa shape index (κ1) is 31.9. The molecule has 0 N–H and O–H groups in total.